The molecule has 2 heteroatoms. The van der Waals surface area contributed by atoms with Gasteiger partial charge in [0.05, 0.1) is 0 Å². The number of nitrogens with one attached hydrogen (secondary N) is 1. The van der Waals surface area contributed by atoms with Crippen LogP contribution in [0.5, 0.6) is 0 Å². The van der Waals surface area contributed by atoms with Gasteiger partial charge in [0, 0.05) is 25.3 Å². The quantitative estimate of drug-likeness (QED) is 0.774. The summed E-state index contributed by atoms with van der Waals surface area (Å²) in [5.41, 5.74) is 0. The normalized spacial score (nSPS) is 38.4. The maximum atomic E-state index is 5.39. The van der Waals surface area contributed by atoms with Gasteiger partial charge < -0.3 is 10.1 Å². The first kappa shape index (κ1) is 11.4. The molecule has 1 saturated heterocycles. The van der Waals surface area contributed by atoms with E-state index >= 15 is 0 Å². The molecule has 0 bridgehead atoms. The summed E-state index contributed by atoms with van der Waals surface area (Å²) in [4.78, 5) is 0. The highest BCUT2D eigenvalue weighted by atomic mass is 16.5. The topological polar surface area (TPSA) is 21.3 Å². The van der Waals surface area contributed by atoms with E-state index in [1.807, 2.05) is 0 Å². The summed E-state index contributed by atoms with van der Waals surface area (Å²) in [6, 6.07) is 1.50. The van der Waals surface area contributed by atoms with Crippen molar-refractivity contribution < 1.29 is 4.74 Å². The molecule has 2 rings (SSSR count). The van der Waals surface area contributed by atoms with E-state index in [1.165, 1.54) is 32.1 Å². The number of ether oxygens (including phenoxy) is 1. The summed E-state index contributed by atoms with van der Waals surface area (Å²) in [5, 5.41) is 3.85. The molecule has 0 amide bonds. The molecule has 1 saturated carbocycles. The minimum absolute atomic E-state index is 0.724. The van der Waals surface area contributed by atoms with Crippen LogP contribution in [-0.2, 0) is 4.74 Å². The van der Waals surface area contributed by atoms with E-state index in [0.29, 0.717) is 0 Å². The van der Waals surface area contributed by atoms with Gasteiger partial charge in [-0.25, -0.2) is 0 Å². The van der Waals surface area contributed by atoms with Gasteiger partial charge in [0.2, 0.25) is 0 Å². The Morgan fingerprint density at radius 2 is 1.87 bits per heavy atom. The number of hydrogen-bond donors (Lipinski definition) is 1. The lowest BCUT2D eigenvalue weighted by atomic mass is 9.93. The van der Waals surface area contributed by atoms with Gasteiger partial charge >= 0.3 is 0 Å². The molecule has 0 aromatic carbocycles. The van der Waals surface area contributed by atoms with Crippen LogP contribution in [0.3, 0.4) is 0 Å². The van der Waals surface area contributed by atoms with Crippen LogP contribution < -0.4 is 5.32 Å². The summed E-state index contributed by atoms with van der Waals surface area (Å²) in [6.07, 6.45) is 6.59. The zero-order valence-corrected chi connectivity index (χ0v) is 10.2. The summed E-state index contributed by atoms with van der Waals surface area (Å²) >= 11 is 0. The number of hydrogen-bond acceptors (Lipinski definition) is 2. The smallest absolute Gasteiger partial charge is 0.0480 e. The molecule has 2 fully saturated rings. The monoisotopic (exact) mass is 211 g/mol. The Bertz CT molecular complexity index is 189. The zero-order valence-electron chi connectivity index (χ0n) is 10.2. The van der Waals surface area contributed by atoms with Crippen molar-refractivity contribution in [3.8, 4) is 0 Å². The summed E-state index contributed by atoms with van der Waals surface area (Å²) in [7, 11) is 0. The molecular formula is C13H25NO. The minimum atomic E-state index is 0.724. The maximum Gasteiger partial charge on any atom is 0.0480 e. The van der Waals surface area contributed by atoms with Gasteiger partial charge in [0.1, 0.15) is 0 Å². The Morgan fingerprint density at radius 3 is 2.47 bits per heavy atom. The summed E-state index contributed by atoms with van der Waals surface area (Å²) in [5.74, 6) is 1.83. The average Bonchev–Trinajstić information content (AvgIpc) is 2.62. The first-order valence-electron chi connectivity index (χ1n) is 6.65. The maximum absolute atomic E-state index is 5.39. The highest BCUT2D eigenvalue weighted by Crippen LogP contribution is 2.34. The molecule has 2 nitrogen and oxygen atoms in total. The van der Waals surface area contributed by atoms with Gasteiger partial charge in [-0.2, -0.15) is 0 Å². The van der Waals surface area contributed by atoms with Crippen LogP contribution in [0, 0.1) is 11.8 Å². The van der Waals surface area contributed by atoms with Crippen molar-refractivity contribution in [3.05, 3.63) is 0 Å². The Labute approximate surface area is 93.8 Å². The molecule has 0 radical (unpaired) electrons. The second-order valence-corrected chi connectivity index (χ2v) is 5.26. The number of rotatable bonds is 3. The standard InChI is InChI=1S/C13H25NO/c1-3-11-4-5-13(10(11)2)14-12-6-8-15-9-7-12/h10-14H,3-9H2,1-2H3. The Kier molecular flexibility index (Phi) is 4.04. The third-order valence-electron chi connectivity index (χ3n) is 4.42. The van der Waals surface area contributed by atoms with Gasteiger partial charge in [-0.05, 0) is 37.5 Å². The lowest BCUT2D eigenvalue weighted by Gasteiger charge is -2.29. The molecule has 3 unspecified atom stereocenters. The SMILES string of the molecule is CCC1CCC(NC2CCOCC2)C1C. The molecule has 0 spiro atoms. The predicted octanol–water partition coefficient (Wildman–Crippen LogP) is 2.58. The highest BCUT2D eigenvalue weighted by Gasteiger charge is 2.32. The van der Waals surface area contributed by atoms with Crippen molar-refractivity contribution in [2.45, 2.75) is 58.0 Å². The average molecular weight is 211 g/mol. The molecular weight excluding hydrogens is 186 g/mol. The lowest BCUT2D eigenvalue weighted by Crippen LogP contribution is -2.43. The largest absolute Gasteiger partial charge is 0.381 e. The lowest BCUT2D eigenvalue weighted by molar-refractivity contribution is 0.0730. The first-order chi connectivity index (χ1) is 7.31. The Morgan fingerprint density at radius 1 is 1.13 bits per heavy atom. The molecule has 1 aliphatic heterocycles. The third kappa shape index (κ3) is 2.73. The molecule has 0 aromatic rings. The van der Waals surface area contributed by atoms with Gasteiger partial charge in [-0.1, -0.05) is 20.3 Å². The molecule has 88 valence electrons. The predicted molar refractivity (Wildman–Crippen MR) is 62.9 cm³/mol. The molecule has 2 aliphatic rings. The van der Waals surface area contributed by atoms with E-state index in [9.17, 15) is 0 Å². The summed E-state index contributed by atoms with van der Waals surface area (Å²) in [6.45, 7) is 6.67. The molecule has 1 heterocycles. The van der Waals surface area contributed by atoms with Crippen molar-refractivity contribution in [1.29, 1.82) is 0 Å². The fourth-order valence-corrected chi connectivity index (χ4v) is 3.23. The van der Waals surface area contributed by atoms with Gasteiger partial charge in [-0.3, -0.25) is 0 Å². The van der Waals surface area contributed by atoms with Crippen molar-refractivity contribution in [3.63, 3.8) is 0 Å². The Hall–Kier alpha value is -0.0800. The molecule has 1 N–H and O–H groups in total. The minimum Gasteiger partial charge on any atom is -0.381 e. The van der Waals surface area contributed by atoms with Crippen LogP contribution in [0.1, 0.15) is 46.0 Å². The van der Waals surface area contributed by atoms with Gasteiger partial charge in [0.25, 0.3) is 0 Å². The van der Waals surface area contributed by atoms with Crippen LogP contribution in [0.25, 0.3) is 0 Å². The highest BCUT2D eigenvalue weighted by molar-refractivity contribution is 4.88. The molecule has 3 atom stereocenters. The van der Waals surface area contributed by atoms with E-state index in [-0.39, 0.29) is 0 Å². The molecule has 0 aromatic heterocycles. The zero-order chi connectivity index (χ0) is 10.7. The van der Waals surface area contributed by atoms with Gasteiger partial charge in [-0.15, -0.1) is 0 Å². The van der Waals surface area contributed by atoms with Crippen LogP contribution in [0.2, 0.25) is 0 Å². The van der Waals surface area contributed by atoms with E-state index in [4.69, 9.17) is 4.74 Å². The van der Waals surface area contributed by atoms with Gasteiger partial charge in [0.15, 0.2) is 0 Å². The second-order valence-electron chi connectivity index (χ2n) is 5.26. The van der Waals surface area contributed by atoms with E-state index in [0.717, 1.165) is 37.1 Å². The van der Waals surface area contributed by atoms with Crippen molar-refractivity contribution >= 4 is 0 Å². The van der Waals surface area contributed by atoms with E-state index in [2.05, 4.69) is 19.2 Å². The fraction of sp³-hybridized carbons (Fsp3) is 1.00. The van der Waals surface area contributed by atoms with Crippen molar-refractivity contribution in [1.82, 2.24) is 5.32 Å². The van der Waals surface area contributed by atoms with Crippen LogP contribution in [0.15, 0.2) is 0 Å². The fourth-order valence-electron chi connectivity index (χ4n) is 3.23. The molecule has 1 aliphatic carbocycles. The van der Waals surface area contributed by atoms with E-state index < -0.39 is 0 Å². The summed E-state index contributed by atoms with van der Waals surface area (Å²) < 4.78 is 5.39. The van der Waals surface area contributed by atoms with Crippen molar-refractivity contribution in [2.24, 2.45) is 11.8 Å². The molecule has 15 heavy (non-hydrogen) atoms. The van der Waals surface area contributed by atoms with Crippen molar-refractivity contribution in [2.75, 3.05) is 13.2 Å². The van der Waals surface area contributed by atoms with Crippen LogP contribution >= 0.6 is 0 Å². The third-order valence-corrected chi connectivity index (χ3v) is 4.42. The van der Waals surface area contributed by atoms with Crippen LogP contribution in [0.4, 0.5) is 0 Å². The first-order valence-corrected chi connectivity index (χ1v) is 6.65. The van der Waals surface area contributed by atoms with Crippen LogP contribution in [-0.4, -0.2) is 25.3 Å². The Balaban J connectivity index is 1.79. The second kappa shape index (κ2) is 5.31. The van der Waals surface area contributed by atoms with E-state index in [1.54, 1.807) is 0 Å².